The lowest BCUT2D eigenvalue weighted by molar-refractivity contribution is -0.656. The zero-order valence-corrected chi connectivity index (χ0v) is 16.1. The predicted molar refractivity (Wildman–Crippen MR) is 107 cm³/mol. The molecule has 0 bridgehead atoms. The molecule has 2 aromatic carbocycles. The van der Waals surface area contributed by atoms with Crippen LogP contribution in [0.3, 0.4) is 0 Å². The number of aryl methyl sites for hydroxylation is 1. The minimum absolute atomic E-state index is 0.534. The second-order valence-electron chi connectivity index (χ2n) is 6.84. The van der Waals surface area contributed by atoms with Crippen molar-refractivity contribution in [1.29, 1.82) is 0 Å². The number of nitrogens with zero attached hydrogens (tertiary/aromatic N) is 2. The van der Waals surface area contributed by atoms with E-state index in [1.807, 2.05) is 43.0 Å². The predicted octanol–water partition coefficient (Wildman–Crippen LogP) is 3.56. The van der Waals surface area contributed by atoms with Crippen molar-refractivity contribution < 1.29 is 14.4 Å². The van der Waals surface area contributed by atoms with Crippen LogP contribution in [0.5, 0.6) is 5.75 Å². The number of thioether (sulfide) groups is 1. The average Bonchev–Trinajstić information content (AvgIpc) is 2.97. The van der Waals surface area contributed by atoms with Crippen LogP contribution in [0.25, 0.3) is 0 Å². The first-order valence-corrected chi connectivity index (χ1v) is 10.2. The first kappa shape index (κ1) is 17.4. The van der Waals surface area contributed by atoms with Crippen molar-refractivity contribution in [3.63, 3.8) is 0 Å². The number of ether oxygens (including phenoxy) is 1. The minimum atomic E-state index is -1.02. The molecule has 4 rings (SSSR count). The molecule has 5 heteroatoms. The Balaban J connectivity index is 1.73. The molecule has 0 saturated heterocycles. The van der Waals surface area contributed by atoms with Crippen molar-refractivity contribution in [2.24, 2.45) is 0 Å². The van der Waals surface area contributed by atoms with Gasteiger partial charge in [-0.25, -0.2) is 9.48 Å². The van der Waals surface area contributed by atoms with Gasteiger partial charge in [-0.05, 0) is 74.0 Å². The Morgan fingerprint density at radius 3 is 2.77 bits per heavy atom. The third-order valence-electron chi connectivity index (χ3n) is 4.99. The SMILES string of the molecule is CCOc1ccc(C2(O)CN(c3cccc(C)c3)C3=[N+]2CCCS3)cc1. The Hall–Kier alpha value is -1.98. The van der Waals surface area contributed by atoms with Gasteiger partial charge in [0.15, 0.2) is 6.54 Å². The second-order valence-corrected chi connectivity index (χ2v) is 7.90. The molecule has 0 aromatic heterocycles. The third-order valence-corrected chi connectivity index (χ3v) is 6.18. The topological polar surface area (TPSA) is 35.7 Å². The highest BCUT2D eigenvalue weighted by Crippen LogP contribution is 2.38. The van der Waals surface area contributed by atoms with E-state index in [0.29, 0.717) is 13.2 Å². The summed E-state index contributed by atoms with van der Waals surface area (Å²) < 4.78 is 7.72. The van der Waals surface area contributed by atoms with Gasteiger partial charge in [0.1, 0.15) is 11.4 Å². The molecule has 0 radical (unpaired) electrons. The highest BCUT2D eigenvalue weighted by Gasteiger charge is 2.53. The number of amidine groups is 1. The highest BCUT2D eigenvalue weighted by atomic mass is 32.2. The van der Waals surface area contributed by atoms with E-state index in [1.54, 1.807) is 0 Å². The van der Waals surface area contributed by atoms with Crippen LogP contribution in [0.15, 0.2) is 48.5 Å². The number of anilines is 1. The highest BCUT2D eigenvalue weighted by molar-refractivity contribution is 8.13. The van der Waals surface area contributed by atoms with E-state index < -0.39 is 5.72 Å². The number of β-amino-alcohol motifs (C(OH)–C–C–N with tert-alkyl or cyclic N) is 1. The number of aliphatic hydroxyl groups is 1. The van der Waals surface area contributed by atoms with Gasteiger partial charge >= 0.3 is 5.17 Å². The van der Waals surface area contributed by atoms with Crippen LogP contribution in [0.2, 0.25) is 0 Å². The lowest BCUT2D eigenvalue weighted by Crippen LogP contribution is -2.41. The fourth-order valence-corrected chi connectivity index (χ4v) is 4.91. The lowest BCUT2D eigenvalue weighted by Gasteiger charge is -2.24. The van der Waals surface area contributed by atoms with Crippen molar-refractivity contribution >= 4 is 22.6 Å². The Morgan fingerprint density at radius 1 is 1.23 bits per heavy atom. The largest absolute Gasteiger partial charge is 0.494 e. The van der Waals surface area contributed by atoms with Crippen molar-refractivity contribution in [3.8, 4) is 5.75 Å². The van der Waals surface area contributed by atoms with Crippen molar-refractivity contribution in [1.82, 2.24) is 0 Å². The summed E-state index contributed by atoms with van der Waals surface area (Å²) in [7, 11) is 0. The van der Waals surface area contributed by atoms with Crippen LogP contribution in [0, 0.1) is 6.92 Å². The molecule has 0 aliphatic carbocycles. The van der Waals surface area contributed by atoms with Crippen LogP contribution in [0.1, 0.15) is 24.5 Å². The monoisotopic (exact) mass is 369 g/mol. The summed E-state index contributed by atoms with van der Waals surface area (Å²) in [5, 5.41) is 12.8. The normalized spacial score (nSPS) is 22.5. The molecule has 1 unspecified atom stereocenters. The number of benzene rings is 2. The van der Waals surface area contributed by atoms with Crippen LogP contribution < -0.4 is 9.64 Å². The average molecular weight is 370 g/mol. The maximum Gasteiger partial charge on any atom is 0.316 e. The molecule has 0 fully saturated rings. The summed E-state index contributed by atoms with van der Waals surface area (Å²) in [6.45, 7) is 6.13. The summed E-state index contributed by atoms with van der Waals surface area (Å²) in [5.74, 6) is 1.93. The first-order valence-electron chi connectivity index (χ1n) is 9.19. The number of rotatable bonds is 4. The van der Waals surface area contributed by atoms with E-state index in [4.69, 9.17) is 4.74 Å². The maximum absolute atomic E-state index is 11.7. The van der Waals surface area contributed by atoms with E-state index >= 15 is 0 Å². The van der Waals surface area contributed by atoms with E-state index in [1.165, 1.54) is 5.56 Å². The zero-order valence-electron chi connectivity index (χ0n) is 15.3. The first-order chi connectivity index (χ1) is 12.6. The molecule has 0 saturated carbocycles. The molecule has 2 aliphatic rings. The molecule has 1 atom stereocenters. The summed E-state index contributed by atoms with van der Waals surface area (Å²) in [6.07, 6.45) is 1.08. The number of hydrogen-bond donors (Lipinski definition) is 1. The van der Waals surface area contributed by atoms with Gasteiger partial charge in [-0.2, -0.15) is 0 Å². The van der Waals surface area contributed by atoms with E-state index in [-0.39, 0.29) is 0 Å². The molecule has 0 spiro atoms. The van der Waals surface area contributed by atoms with Crippen LogP contribution in [-0.2, 0) is 5.72 Å². The Kier molecular flexibility index (Phi) is 4.67. The van der Waals surface area contributed by atoms with Gasteiger partial charge in [-0.15, -0.1) is 0 Å². The van der Waals surface area contributed by atoms with Gasteiger partial charge in [0.05, 0.1) is 13.2 Å². The molecule has 0 amide bonds. The minimum Gasteiger partial charge on any atom is -0.494 e. The van der Waals surface area contributed by atoms with E-state index in [2.05, 4.69) is 40.7 Å². The van der Waals surface area contributed by atoms with E-state index in [9.17, 15) is 5.11 Å². The second kappa shape index (κ2) is 6.97. The Labute approximate surface area is 159 Å². The molecule has 2 aromatic rings. The molecule has 4 nitrogen and oxygen atoms in total. The molecular weight excluding hydrogens is 344 g/mol. The zero-order chi connectivity index (χ0) is 18.1. The Bertz CT molecular complexity index is 834. The van der Waals surface area contributed by atoms with Crippen molar-refractivity contribution in [2.45, 2.75) is 26.0 Å². The molecule has 2 heterocycles. The summed E-state index contributed by atoms with van der Waals surface area (Å²) >= 11 is 1.83. The maximum atomic E-state index is 11.7. The summed E-state index contributed by atoms with van der Waals surface area (Å²) in [4.78, 5) is 2.26. The fourth-order valence-electron chi connectivity index (χ4n) is 3.73. The van der Waals surface area contributed by atoms with Gasteiger partial charge in [0, 0.05) is 11.3 Å². The summed E-state index contributed by atoms with van der Waals surface area (Å²) in [5.41, 5.74) is 2.27. The van der Waals surface area contributed by atoms with Gasteiger partial charge in [0.25, 0.3) is 5.72 Å². The Morgan fingerprint density at radius 2 is 2.04 bits per heavy atom. The molecule has 136 valence electrons. The van der Waals surface area contributed by atoms with Crippen molar-refractivity contribution in [2.75, 3.05) is 30.3 Å². The van der Waals surface area contributed by atoms with Crippen molar-refractivity contribution in [3.05, 3.63) is 59.7 Å². The van der Waals surface area contributed by atoms with Gasteiger partial charge in [0.2, 0.25) is 0 Å². The third kappa shape index (κ3) is 2.99. The quantitative estimate of drug-likeness (QED) is 0.836. The molecule has 26 heavy (non-hydrogen) atoms. The van der Waals surface area contributed by atoms with Gasteiger partial charge < -0.3 is 9.84 Å². The molecular formula is C21H25N2O2S+. The van der Waals surface area contributed by atoms with Crippen LogP contribution >= 0.6 is 11.8 Å². The molecule has 1 N–H and O–H groups in total. The smallest absolute Gasteiger partial charge is 0.316 e. The van der Waals surface area contributed by atoms with Crippen LogP contribution in [-0.4, -0.2) is 40.3 Å². The lowest BCUT2D eigenvalue weighted by atomic mass is 10.0. The summed E-state index contributed by atoms with van der Waals surface area (Å²) in [6, 6.07) is 16.4. The standard InChI is InChI=1S/C21H25N2O2S/c1-3-25-19-10-8-17(9-11-19)21(24)15-22(18-7-4-6-16(2)14-18)20-23(21)12-5-13-26-20/h4,6-11,14,24H,3,5,12-13,15H2,1-2H3/q+1. The van der Waals surface area contributed by atoms with Gasteiger partial charge in [-0.3, -0.25) is 0 Å². The van der Waals surface area contributed by atoms with Crippen LogP contribution in [0.4, 0.5) is 5.69 Å². The fraction of sp³-hybridized carbons (Fsp3) is 0.381. The van der Waals surface area contributed by atoms with Gasteiger partial charge in [-0.1, -0.05) is 12.1 Å². The molecule has 2 aliphatic heterocycles. The van der Waals surface area contributed by atoms with E-state index in [0.717, 1.165) is 40.9 Å². The number of hydrogen-bond acceptors (Lipinski definition) is 4.